The summed E-state index contributed by atoms with van der Waals surface area (Å²) >= 11 is 1.31. The number of hydrogen-bond donors (Lipinski definition) is 1. The van der Waals surface area contributed by atoms with Crippen LogP contribution >= 0.6 is 11.8 Å². The number of amides is 2. The molecule has 0 bridgehead atoms. The molecule has 2 aliphatic rings. The molecule has 3 aromatic rings. The van der Waals surface area contributed by atoms with E-state index in [1.54, 1.807) is 4.90 Å². The average molecular weight is 483 g/mol. The first-order valence-corrected chi connectivity index (χ1v) is 12.6. The number of anilines is 1. The monoisotopic (exact) mass is 482 g/mol. The predicted molar refractivity (Wildman–Crippen MR) is 142 cm³/mol. The predicted octanol–water partition coefficient (Wildman–Crippen LogP) is 5.35. The van der Waals surface area contributed by atoms with Crippen molar-refractivity contribution in [3.8, 4) is 0 Å². The number of hydrogen-bond acceptors (Lipinski definition) is 5. The minimum absolute atomic E-state index is 0.113. The lowest BCUT2D eigenvalue weighted by Crippen LogP contribution is -2.42. The van der Waals surface area contributed by atoms with Gasteiger partial charge in [0.25, 0.3) is 5.91 Å². The van der Waals surface area contributed by atoms with E-state index in [0.29, 0.717) is 23.8 Å². The van der Waals surface area contributed by atoms with Gasteiger partial charge in [0.05, 0.1) is 10.9 Å². The van der Waals surface area contributed by atoms with E-state index in [1.165, 1.54) is 11.8 Å². The second-order valence-electron chi connectivity index (χ2n) is 8.61. The third kappa shape index (κ3) is 4.77. The standard InChI is InChI=1S/C28H26N4O2S/c1-3-24(26(33)29-20-15-13-18(2)14-16-20)35-28-31-22-12-8-7-11-21(22)25-30-23(27(34)32(25)28)17-19-9-5-4-6-10-19/h4-16,23-24H,3,17H2,1-2H3,(H,29,33). The number of thioether (sulfide) groups is 1. The van der Waals surface area contributed by atoms with Gasteiger partial charge in [0.2, 0.25) is 5.91 Å². The van der Waals surface area contributed by atoms with Gasteiger partial charge in [0.15, 0.2) is 5.17 Å². The summed E-state index contributed by atoms with van der Waals surface area (Å²) in [4.78, 5) is 37.9. The van der Waals surface area contributed by atoms with Crippen molar-refractivity contribution in [1.29, 1.82) is 0 Å². The molecule has 2 aliphatic heterocycles. The third-order valence-corrected chi connectivity index (χ3v) is 7.37. The maximum Gasteiger partial charge on any atom is 0.259 e. The van der Waals surface area contributed by atoms with Crippen molar-refractivity contribution in [2.45, 2.75) is 38.0 Å². The number of benzene rings is 3. The van der Waals surface area contributed by atoms with E-state index in [1.807, 2.05) is 92.7 Å². The van der Waals surface area contributed by atoms with Gasteiger partial charge >= 0.3 is 0 Å². The summed E-state index contributed by atoms with van der Waals surface area (Å²) in [5.41, 5.74) is 4.52. The molecule has 0 radical (unpaired) electrons. The number of nitrogens with zero attached hydrogens (tertiary/aromatic N) is 3. The molecule has 1 N–H and O–H groups in total. The molecule has 2 atom stereocenters. The summed E-state index contributed by atoms with van der Waals surface area (Å²) in [6.07, 6.45) is 1.11. The number of rotatable bonds is 6. The highest BCUT2D eigenvalue weighted by Gasteiger charge is 2.42. The molecule has 0 saturated heterocycles. The fourth-order valence-electron chi connectivity index (χ4n) is 4.16. The first kappa shape index (κ1) is 23.1. The van der Waals surface area contributed by atoms with Crippen molar-refractivity contribution in [3.05, 3.63) is 95.6 Å². The van der Waals surface area contributed by atoms with Crippen LogP contribution in [0.4, 0.5) is 11.4 Å². The normalized spacial score (nSPS) is 17.3. The van der Waals surface area contributed by atoms with Crippen LogP contribution in [0.15, 0.2) is 88.8 Å². The van der Waals surface area contributed by atoms with E-state index in [-0.39, 0.29) is 11.8 Å². The van der Waals surface area contributed by atoms with Crippen molar-refractivity contribution in [2.24, 2.45) is 9.98 Å². The lowest BCUT2D eigenvalue weighted by Gasteiger charge is -2.27. The first-order chi connectivity index (χ1) is 17.0. The minimum atomic E-state index is -0.522. The molecule has 0 aromatic heterocycles. The highest BCUT2D eigenvalue weighted by atomic mass is 32.2. The van der Waals surface area contributed by atoms with Gasteiger partial charge in [-0.05, 0) is 43.2 Å². The van der Waals surface area contributed by atoms with E-state index < -0.39 is 11.3 Å². The molecular formula is C28H26N4O2S. The van der Waals surface area contributed by atoms with E-state index in [4.69, 9.17) is 9.98 Å². The Balaban J connectivity index is 1.42. The maximum atomic E-state index is 13.5. The Morgan fingerprint density at radius 1 is 1.03 bits per heavy atom. The number of carbonyl (C=O) groups is 2. The van der Waals surface area contributed by atoms with Crippen molar-refractivity contribution < 1.29 is 9.59 Å². The van der Waals surface area contributed by atoms with Gasteiger partial charge in [-0.25, -0.2) is 9.89 Å². The van der Waals surface area contributed by atoms with Crippen LogP contribution in [0.2, 0.25) is 0 Å². The van der Waals surface area contributed by atoms with Crippen LogP contribution in [-0.2, 0) is 16.0 Å². The Labute approximate surface area is 209 Å². The van der Waals surface area contributed by atoms with Gasteiger partial charge in [0.1, 0.15) is 11.9 Å². The molecule has 3 aromatic carbocycles. The van der Waals surface area contributed by atoms with Crippen LogP contribution in [-0.4, -0.2) is 39.0 Å². The second kappa shape index (κ2) is 9.88. The summed E-state index contributed by atoms with van der Waals surface area (Å²) in [6, 6.07) is 24.8. The molecule has 7 heteroatoms. The molecule has 0 aliphatic carbocycles. The zero-order valence-electron chi connectivity index (χ0n) is 19.6. The van der Waals surface area contributed by atoms with E-state index >= 15 is 0 Å². The van der Waals surface area contributed by atoms with Crippen molar-refractivity contribution >= 4 is 46.0 Å². The van der Waals surface area contributed by atoms with Crippen LogP contribution in [0, 0.1) is 6.92 Å². The number of amidine groups is 2. The van der Waals surface area contributed by atoms with Gasteiger partial charge in [-0.2, -0.15) is 0 Å². The number of aliphatic imine (C=N–C) groups is 2. The molecule has 176 valence electrons. The molecule has 5 rings (SSSR count). The lowest BCUT2D eigenvalue weighted by molar-refractivity contribution is -0.124. The number of fused-ring (bicyclic) bond motifs is 3. The fourth-order valence-corrected chi connectivity index (χ4v) is 5.18. The zero-order valence-corrected chi connectivity index (χ0v) is 20.5. The van der Waals surface area contributed by atoms with Crippen molar-refractivity contribution in [2.75, 3.05) is 5.32 Å². The summed E-state index contributed by atoms with van der Waals surface area (Å²) in [5, 5.41) is 3.07. The van der Waals surface area contributed by atoms with Crippen LogP contribution < -0.4 is 5.32 Å². The highest BCUT2D eigenvalue weighted by Crippen LogP contribution is 2.36. The Hall–Kier alpha value is -3.71. The molecule has 6 nitrogen and oxygen atoms in total. The Kier molecular flexibility index (Phi) is 6.51. The number of carbonyl (C=O) groups excluding carboxylic acids is 2. The average Bonchev–Trinajstić information content (AvgIpc) is 3.20. The lowest BCUT2D eigenvalue weighted by atomic mass is 10.1. The molecular weight excluding hydrogens is 456 g/mol. The summed E-state index contributed by atoms with van der Waals surface area (Å²) in [6.45, 7) is 3.97. The number of para-hydroxylation sites is 1. The molecule has 2 heterocycles. The van der Waals surface area contributed by atoms with Gasteiger partial charge in [-0.15, -0.1) is 0 Å². The maximum absolute atomic E-state index is 13.5. The van der Waals surface area contributed by atoms with Crippen LogP contribution in [0.25, 0.3) is 0 Å². The molecule has 35 heavy (non-hydrogen) atoms. The summed E-state index contributed by atoms with van der Waals surface area (Å²) in [7, 11) is 0. The minimum Gasteiger partial charge on any atom is -0.325 e. The van der Waals surface area contributed by atoms with E-state index in [9.17, 15) is 9.59 Å². The number of aryl methyl sites for hydroxylation is 1. The van der Waals surface area contributed by atoms with E-state index in [2.05, 4.69) is 5.32 Å². The Bertz CT molecular complexity index is 1320. The highest BCUT2D eigenvalue weighted by molar-refractivity contribution is 8.15. The van der Waals surface area contributed by atoms with Crippen LogP contribution in [0.5, 0.6) is 0 Å². The van der Waals surface area contributed by atoms with Gasteiger partial charge in [0, 0.05) is 17.7 Å². The van der Waals surface area contributed by atoms with Crippen LogP contribution in [0.3, 0.4) is 0 Å². The van der Waals surface area contributed by atoms with Crippen LogP contribution in [0.1, 0.15) is 30.0 Å². The SMILES string of the molecule is CCC(SC1=Nc2ccccc2C2=NC(Cc3ccccc3)C(=O)N12)C(=O)Nc1ccc(C)cc1. The second-order valence-corrected chi connectivity index (χ2v) is 9.78. The molecule has 0 saturated carbocycles. The van der Waals surface area contributed by atoms with Crippen molar-refractivity contribution in [3.63, 3.8) is 0 Å². The third-order valence-electron chi connectivity index (χ3n) is 6.05. The van der Waals surface area contributed by atoms with Gasteiger partial charge in [-0.1, -0.05) is 78.8 Å². The first-order valence-electron chi connectivity index (χ1n) is 11.7. The quantitative estimate of drug-likeness (QED) is 0.515. The molecule has 0 fully saturated rings. The smallest absolute Gasteiger partial charge is 0.259 e. The van der Waals surface area contributed by atoms with Gasteiger partial charge in [-0.3, -0.25) is 14.6 Å². The topological polar surface area (TPSA) is 74.1 Å². The molecule has 0 spiro atoms. The molecule has 2 unspecified atom stereocenters. The van der Waals surface area contributed by atoms with Crippen molar-refractivity contribution in [1.82, 2.24) is 4.90 Å². The fraction of sp³-hybridized carbons (Fsp3) is 0.214. The largest absolute Gasteiger partial charge is 0.325 e. The molecule has 2 amide bonds. The number of nitrogens with one attached hydrogen (secondary N) is 1. The van der Waals surface area contributed by atoms with E-state index in [0.717, 1.165) is 28.1 Å². The summed E-state index contributed by atoms with van der Waals surface area (Å²) < 4.78 is 0. The van der Waals surface area contributed by atoms with Gasteiger partial charge < -0.3 is 5.32 Å². The Morgan fingerprint density at radius 3 is 2.49 bits per heavy atom. The summed E-state index contributed by atoms with van der Waals surface area (Å²) in [5.74, 6) is 0.380. The Morgan fingerprint density at radius 2 is 1.74 bits per heavy atom. The zero-order chi connectivity index (χ0) is 24.4.